The van der Waals surface area contributed by atoms with E-state index in [1.54, 1.807) is 37.3 Å². The highest BCUT2D eigenvalue weighted by Crippen LogP contribution is 2.29. The zero-order valence-electron chi connectivity index (χ0n) is 14.6. The summed E-state index contributed by atoms with van der Waals surface area (Å²) in [6.07, 6.45) is 2.73. The largest absolute Gasteiger partial charge is 0.422 e. The second-order valence-corrected chi connectivity index (χ2v) is 6.30. The number of halogens is 1. The number of esters is 1. The molecule has 136 valence electrons. The molecular weight excluding hydrogens is 368 g/mol. The number of carbonyl (C=O) groups is 2. The first-order valence-corrected chi connectivity index (χ1v) is 8.47. The van der Waals surface area contributed by atoms with Crippen LogP contribution in [-0.4, -0.2) is 11.8 Å². The van der Waals surface area contributed by atoms with E-state index in [2.05, 4.69) is 0 Å². The van der Waals surface area contributed by atoms with Crippen LogP contribution in [0, 0.1) is 6.92 Å². The third-order valence-corrected chi connectivity index (χ3v) is 4.29. The fourth-order valence-electron chi connectivity index (χ4n) is 2.69. The van der Waals surface area contributed by atoms with Crippen molar-refractivity contribution in [3.63, 3.8) is 0 Å². The summed E-state index contributed by atoms with van der Waals surface area (Å²) in [5, 5.41) is 1.10. The average Bonchev–Trinajstić information content (AvgIpc) is 2.60. The second-order valence-electron chi connectivity index (χ2n) is 5.90. The van der Waals surface area contributed by atoms with Crippen molar-refractivity contribution in [3.05, 3.63) is 80.7 Å². The van der Waals surface area contributed by atoms with Gasteiger partial charge >= 0.3 is 11.6 Å². The van der Waals surface area contributed by atoms with Gasteiger partial charge in [0.15, 0.2) is 11.4 Å². The number of carbonyl (C=O) groups excluding carboxylic acids is 2. The van der Waals surface area contributed by atoms with E-state index >= 15 is 0 Å². The first-order valence-electron chi connectivity index (χ1n) is 8.09. The summed E-state index contributed by atoms with van der Waals surface area (Å²) in [6.45, 7) is 3.05. The van der Waals surface area contributed by atoms with E-state index < -0.39 is 11.6 Å². The molecule has 0 N–H and O–H groups in total. The summed E-state index contributed by atoms with van der Waals surface area (Å²) in [6, 6.07) is 11.5. The lowest BCUT2D eigenvalue weighted by molar-refractivity contribution is -0.128. The Morgan fingerprint density at radius 1 is 1.15 bits per heavy atom. The predicted octanol–water partition coefficient (Wildman–Crippen LogP) is 4.58. The second kappa shape index (κ2) is 7.60. The molecule has 0 spiro atoms. The van der Waals surface area contributed by atoms with E-state index in [4.69, 9.17) is 20.8 Å². The maximum absolute atomic E-state index is 12.2. The molecule has 0 fully saturated rings. The number of hydrogen-bond acceptors (Lipinski definition) is 5. The van der Waals surface area contributed by atoms with Gasteiger partial charge in [-0.1, -0.05) is 29.8 Å². The molecule has 5 nitrogen and oxygen atoms in total. The van der Waals surface area contributed by atoms with Gasteiger partial charge in [-0.3, -0.25) is 4.79 Å². The van der Waals surface area contributed by atoms with Crippen molar-refractivity contribution in [2.24, 2.45) is 0 Å². The van der Waals surface area contributed by atoms with Crippen LogP contribution in [0.3, 0.4) is 0 Å². The lowest BCUT2D eigenvalue weighted by Crippen LogP contribution is -2.09. The van der Waals surface area contributed by atoms with Gasteiger partial charge in [-0.2, -0.15) is 0 Å². The van der Waals surface area contributed by atoms with Gasteiger partial charge in [0, 0.05) is 22.6 Å². The number of fused-ring (bicyclic) bond motifs is 1. The molecule has 0 bridgehead atoms. The van der Waals surface area contributed by atoms with Crippen LogP contribution < -0.4 is 10.4 Å². The maximum atomic E-state index is 12.2. The maximum Gasteiger partial charge on any atom is 0.336 e. The quantitative estimate of drug-likeness (QED) is 0.217. The van der Waals surface area contributed by atoms with Crippen molar-refractivity contribution >= 4 is 40.4 Å². The number of rotatable bonds is 4. The van der Waals surface area contributed by atoms with E-state index in [-0.39, 0.29) is 22.7 Å². The van der Waals surface area contributed by atoms with Gasteiger partial charge < -0.3 is 9.15 Å². The van der Waals surface area contributed by atoms with Crippen LogP contribution in [0.4, 0.5) is 0 Å². The summed E-state index contributed by atoms with van der Waals surface area (Å²) in [5.74, 6) is -1.04. The Bertz CT molecular complexity index is 1140. The molecule has 0 amide bonds. The van der Waals surface area contributed by atoms with Crippen LogP contribution >= 0.6 is 11.6 Å². The molecule has 0 radical (unpaired) electrons. The molecule has 27 heavy (non-hydrogen) atoms. The molecular formula is C21H15ClO5. The Morgan fingerprint density at radius 3 is 2.59 bits per heavy atom. The molecule has 0 aliphatic rings. The molecule has 0 atom stereocenters. The first-order chi connectivity index (χ1) is 12.9. The van der Waals surface area contributed by atoms with Crippen molar-refractivity contribution in [2.45, 2.75) is 13.8 Å². The SMILES string of the molecule is CC(=O)c1c(OC(=O)/C=C/c2ccccc2Cl)ccc2c(C)cc(=O)oc12. The van der Waals surface area contributed by atoms with Crippen LogP contribution in [0.2, 0.25) is 5.02 Å². The molecule has 0 unspecified atom stereocenters. The topological polar surface area (TPSA) is 73.6 Å². The Morgan fingerprint density at radius 2 is 1.89 bits per heavy atom. The highest BCUT2D eigenvalue weighted by molar-refractivity contribution is 6.32. The van der Waals surface area contributed by atoms with E-state index in [0.717, 1.165) is 0 Å². The normalized spacial score (nSPS) is 11.1. The molecule has 0 saturated carbocycles. The smallest absolute Gasteiger partial charge is 0.336 e. The molecule has 0 aliphatic carbocycles. The van der Waals surface area contributed by atoms with Crippen molar-refractivity contribution in [1.82, 2.24) is 0 Å². The third-order valence-electron chi connectivity index (χ3n) is 3.95. The highest BCUT2D eigenvalue weighted by atomic mass is 35.5. The minimum absolute atomic E-state index is 0.0255. The Hall–Kier alpha value is -3.18. The van der Waals surface area contributed by atoms with Gasteiger partial charge in [0.2, 0.25) is 0 Å². The summed E-state index contributed by atoms with van der Waals surface area (Å²) >= 11 is 6.04. The van der Waals surface area contributed by atoms with Crippen LogP contribution in [0.15, 0.2) is 57.8 Å². The third kappa shape index (κ3) is 3.99. The molecule has 3 aromatic rings. The fourth-order valence-corrected chi connectivity index (χ4v) is 2.89. The molecule has 0 aliphatic heterocycles. The van der Waals surface area contributed by atoms with E-state index in [9.17, 15) is 14.4 Å². The number of hydrogen-bond donors (Lipinski definition) is 0. The number of aryl methyl sites for hydroxylation is 1. The standard InChI is InChI=1S/C21H15ClO5/c1-12-11-19(25)27-21-15(12)8-9-17(20(21)13(2)23)26-18(24)10-7-14-5-3-4-6-16(14)22/h3-11H,1-2H3/b10-7+. The molecule has 1 heterocycles. The Kier molecular flexibility index (Phi) is 5.23. The van der Waals surface area contributed by atoms with E-state index in [0.29, 0.717) is 21.5 Å². The minimum Gasteiger partial charge on any atom is -0.422 e. The van der Waals surface area contributed by atoms with Crippen LogP contribution in [0.25, 0.3) is 17.0 Å². The summed E-state index contributed by atoms with van der Waals surface area (Å²) in [4.78, 5) is 36.0. The molecule has 6 heteroatoms. The predicted molar refractivity (Wildman–Crippen MR) is 103 cm³/mol. The van der Waals surface area contributed by atoms with Gasteiger partial charge in [0.1, 0.15) is 11.3 Å². The number of ether oxygens (including phenoxy) is 1. The van der Waals surface area contributed by atoms with Gasteiger partial charge in [0.25, 0.3) is 0 Å². The van der Waals surface area contributed by atoms with Crippen molar-refractivity contribution in [2.75, 3.05) is 0 Å². The average molecular weight is 383 g/mol. The van der Waals surface area contributed by atoms with Crippen LogP contribution in [0.1, 0.15) is 28.4 Å². The molecule has 3 rings (SSSR count). The fraction of sp³-hybridized carbons (Fsp3) is 0.0952. The summed E-state index contributed by atoms with van der Waals surface area (Å²) < 4.78 is 10.5. The van der Waals surface area contributed by atoms with E-state index in [1.807, 2.05) is 0 Å². The van der Waals surface area contributed by atoms with Crippen molar-refractivity contribution in [3.8, 4) is 5.75 Å². The van der Waals surface area contributed by atoms with Crippen LogP contribution in [0.5, 0.6) is 5.75 Å². The number of ketones is 1. The van der Waals surface area contributed by atoms with Crippen molar-refractivity contribution < 1.29 is 18.7 Å². The zero-order chi connectivity index (χ0) is 19.6. The molecule has 0 saturated heterocycles. The number of benzene rings is 2. The highest BCUT2D eigenvalue weighted by Gasteiger charge is 2.18. The molecule has 1 aromatic heterocycles. The zero-order valence-corrected chi connectivity index (χ0v) is 15.4. The lowest BCUT2D eigenvalue weighted by Gasteiger charge is -2.10. The van der Waals surface area contributed by atoms with Gasteiger partial charge in [-0.05, 0) is 49.2 Å². The van der Waals surface area contributed by atoms with Gasteiger partial charge in [-0.15, -0.1) is 0 Å². The minimum atomic E-state index is -0.688. The van der Waals surface area contributed by atoms with Crippen molar-refractivity contribution in [1.29, 1.82) is 0 Å². The van der Waals surface area contributed by atoms with E-state index in [1.165, 1.54) is 31.2 Å². The number of Topliss-reactive ketones (excluding diaryl/α,β-unsaturated/α-hetero) is 1. The summed E-state index contributed by atoms with van der Waals surface area (Å²) in [5.41, 5.74) is 0.897. The van der Waals surface area contributed by atoms with Crippen LogP contribution in [-0.2, 0) is 4.79 Å². The van der Waals surface area contributed by atoms with Gasteiger partial charge in [0.05, 0.1) is 0 Å². The monoisotopic (exact) mass is 382 g/mol. The Balaban J connectivity index is 1.98. The first kappa shape index (κ1) is 18.6. The van der Waals surface area contributed by atoms with Gasteiger partial charge in [-0.25, -0.2) is 9.59 Å². The molecule has 2 aromatic carbocycles. The Labute approximate surface area is 159 Å². The lowest BCUT2D eigenvalue weighted by atomic mass is 10.0. The summed E-state index contributed by atoms with van der Waals surface area (Å²) in [7, 11) is 0.